The van der Waals surface area contributed by atoms with Gasteiger partial charge in [-0.25, -0.2) is 8.78 Å². The quantitative estimate of drug-likeness (QED) is 0.903. The second-order valence-electron chi connectivity index (χ2n) is 5.19. The van der Waals surface area contributed by atoms with Gasteiger partial charge in [0.25, 0.3) is 5.91 Å². The van der Waals surface area contributed by atoms with Crippen molar-refractivity contribution in [2.24, 2.45) is 0 Å². The van der Waals surface area contributed by atoms with Crippen molar-refractivity contribution in [2.45, 2.75) is 19.8 Å². The Morgan fingerprint density at radius 3 is 2.68 bits per heavy atom. The van der Waals surface area contributed by atoms with Crippen LogP contribution in [0.25, 0.3) is 0 Å². The Hall–Kier alpha value is -2.43. The van der Waals surface area contributed by atoms with Crippen molar-refractivity contribution in [1.82, 2.24) is 0 Å². The fourth-order valence-corrected chi connectivity index (χ4v) is 1.89. The Labute approximate surface area is 127 Å². The fraction of sp³-hybridized carbons (Fsp3) is 0.235. The Balaban J connectivity index is 1.95. The number of hydrogen-bond donors (Lipinski definition) is 1. The van der Waals surface area contributed by atoms with Crippen molar-refractivity contribution in [2.75, 3.05) is 11.9 Å². The van der Waals surface area contributed by atoms with Crippen LogP contribution >= 0.6 is 0 Å². The van der Waals surface area contributed by atoms with Gasteiger partial charge >= 0.3 is 0 Å². The Bertz CT molecular complexity index is 671. The molecular weight excluding hydrogens is 288 g/mol. The molecule has 22 heavy (non-hydrogen) atoms. The normalized spacial score (nSPS) is 10.6. The molecule has 5 heteroatoms. The van der Waals surface area contributed by atoms with Crippen molar-refractivity contribution >= 4 is 11.6 Å². The fourth-order valence-electron chi connectivity index (χ4n) is 1.89. The highest BCUT2D eigenvalue weighted by Gasteiger charge is 2.09. The molecule has 0 radical (unpaired) electrons. The molecule has 0 fully saturated rings. The molecule has 0 unspecified atom stereocenters. The molecular formula is C17H17F2NO2. The SMILES string of the molecule is CC(C)c1cccc(OCC(=O)Nc2cc(F)ccc2F)c1. The molecule has 0 heterocycles. The molecule has 0 saturated carbocycles. The molecule has 0 aliphatic carbocycles. The molecule has 0 aromatic heterocycles. The second-order valence-corrected chi connectivity index (χ2v) is 5.19. The van der Waals surface area contributed by atoms with Gasteiger partial charge in [0.05, 0.1) is 5.69 Å². The molecule has 2 aromatic carbocycles. The molecule has 0 saturated heterocycles. The zero-order valence-corrected chi connectivity index (χ0v) is 12.4. The molecule has 2 rings (SSSR count). The third-order valence-corrected chi connectivity index (χ3v) is 3.10. The summed E-state index contributed by atoms with van der Waals surface area (Å²) in [5, 5.41) is 2.28. The molecule has 0 spiro atoms. The molecule has 0 bridgehead atoms. The summed E-state index contributed by atoms with van der Waals surface area (Å²) >= 11 is 0. The number of rotatable bonds is 5. The summed E-state index contributed by atoms with van der Waals surface area (Å²) in [7, 11) is 0. The maximum atomic E-state index is 13.4. The molecule has 1 N–H and O–H groups in total. The highest BCUT2D eigenvalue weighted by atomic mass is 19.1. The van der Waals surface area contributed by atoms with E-state index < -0.39 is 17.5 Å². The van der Waals surface area contributed by atoms with Gasteiger partial charge < -0.3 is 10.1 Å². The monoisotopic (exact) mass is 305 g/mol. The van der Waals surface area contributed by atoms with Crippen LogP contribution in [0.3, 0.4) is 0 Å². The number of halogens is 2. The van der Waals surface area contributed by atoms with Crippen LogP contribution in [0.2, 0.25) is 0 Å². The first-order chi connectivity index (χ1) is 10.5. The van der Waals surface area contributed by atoms with E-state index in [0.717, 1.165) is 23.8 Å². The number of carbonyl (C=O) groups excluding carboxylic acids is 1. The molecule has 0 atom stereocenters. The second kappa shape index (κ2) is 7.02. The average molecular weight is 305 g/mol. The summed E-state index contributed by atoms with van der Waals surface area (Å²) in [6.45, 7) is 3.83. The first-order valence-electron chi connectivity index (χ1n) is 6.93. The first-order valence-corrected chi connectivity index (χ1v) is 6.93. The van der Waals surface area contributed by atoms with Gasteiger partial charge in [0.2, 0.25) is 0 Å². The first kappa shape index (κ1) is 15.9. The van der Waals surface area contributed by atoms with Gasteiger partial charge in [-0.1, -0.05) is 26.0 Å². The van der Waals surface area contributed by atoms with E-state index in [1.54, 1.807) is 6.07 Å². The van der Waals surface area contributed by atoms with Crippen LogP contribution in [-0.4, -0.2) is 12.5 Å². The van der Waals surface area contributed by atoms with Crippen LogP contribution in [0.1, 0.15) is 25.3 Å². The zero-order chi connectivity index (χ0) is 16.1. The number of hydrogen-bond acceptors (Lipinski definition) is 2. The molecule has 0 aliphatic rings. The average Bonchev–Trinajstić information content (AvgIpc) is 2.49. The van der Waals surface area contributed by atoms with E-state index >= 15 is 0 Å². The molecule has 2 aromatic rings. The van der Waals surface area contributed by atoms with Gasteiger partial charge in [-0.05, 0) is 35.7 Å². The van der Waals surface area contributed by atoms with E-state index in [2.05, 4.69) is 19.2 Å². The van der Waals surface area contributed by atoms with Gasteiger partial charge in [0.15, 0.2) is 6.61 Å². The number of amides is 1. The number of benzene rings is 2. The molecule has 0 aliphatic heterocycles. The minimum Gasteiger partial charge on any atom is -0.484 e. The summed E-state index contributed by atoms with van der Waals surface area (Å²) in [6.07, 6.45) is 0. The van der Waals surface area contributed by atoms with Crippen LogP contribution in [0.15, 0.2) is 42.5 Å². The van der Waals surface area contributed by atoms with Crippen molar-refractivity contribution in [1.29, 1.82) is 0 Å². The van der Waals surface area contributed by atoms with Crippen molar-refractivity contribution in [3.63, 3.8) is 0 Å². The maximum absolute atomic E-state index is 13.4. The van der Waals surface area contributed by atoms with Crippen LogP contribution in [0.4, 0.5) is 14.5 Å². The Morgan fingerprint density at radius 1 is 1.18 bits per heavy atom. The van der Waals surface area contributed by atoms with E-state index in [9.17, 15) is 13.6 Å². The van der Waals surface area contributed by atoms with E-state index in [1.165, 1.54) is 0 Å². The lowest BCUT2D eigenvalue weighted by molar-refractivity contribution is -0.118. The predicted molar refractivity (Wildman–Crippen MR) is 81.0 cm³/mol. The van der Waals surface area contributed by atoms with Gasteiger partial charge in [-0.15, -0.1) is 0 Å². The Kier molecular flexibility index (Phi) is 5.09. The van der Waals surface area contributed by atoms with E-state index in [0.29, 0.717) is 11.7 Å². The minimum absolute atomic E-state index is 0.204. The van der Waals surface area contributed by atoms with Crippen LogP contribution < -0.4 is 10.1 Å². The minimum atomic E-state index is -0.698. The smallest absolute Gasteiger partial charge is 0.262 e. The van der Waals surface area contributed by atoms with Gasteiger partial charge in [0.1, 0.15) is 17.4 Å². The van der Waals surface area contributed by atoms with Crippen molar-refractivity contribution < 1.29 is 18.3 Å². The third kappa shape index (κ3) is 4.28. The van der Waals surface area contributed by atoms with E-state index in [1.807, 2.05) is 18.2 Å². The van der Waals surface area contributed by atoms with Gasteiger partial charge in [-0.3, -0.25) is 4.79 Å². The lowest BCUT2D eigenvalue weighted by Gasteiger charge is -2.10. The largest absolute Gasteiger partial charge is 0.484 e. The molecule has 1 amide bonds. The number of nitrogens with one attached hydrogen (secondary N) is 1. The molecule has 3 nitrogen and oxygen atoms in total. The Morgan fingerprint density at radius 2 is 1.95 bits per heavy atom. The van der Waals surface area contributed by atoms with Crippen molar-refractivity contribution in [3.8, 4) is 5.75 Å². The predicted octanol–water partition coefficient (Wildman–Crippen LogP) is 4.11. The maximum Gasteiger partial charge on any atom is 0.262 e. The van der Waals surface area contributed by atoms with Crippen LogP contribution in [-0.2, 0) is 4.79 Å². The molecule has 116 valence electrons. The van der Waals surface area contributed by atoms with Gasteiger partial charge in [-0.2, -0.15) is 0 Å². The lowest BCUT2D eigenvalue weighted by Crippen LogP contribution is -2.21. The highest BCUT2D eigenvalue weighted by molar-refractivity contribution is 5.92. The summed E-state index contributed by atoms with van der Waals surface area (Å²) in [4.78, 5) is 11.7. The van der Waals surface area contributed by atoms with E-state index in [4.69, 9.17) is 4.74 Å². The van der Waals surface area contributed by atoms with Crippen molar-refractivity contribution in [3.05, 3.63) is 59.7 Å². The summed E-state index contributed by atoms with van der Waals surface area (Å²) in [5.41, 5.74) is 0.888. The number of ether oxygens (including phenoxy) is 1. The van der Waals surface area contributed by atoms with Gasteiger partial charge in [0, 0.05) is 6.07 Å². The zero-order valence-electron chi connectivity index (χ0n) is 12.4. The van der Waals surface area contributed by atoms with Crippen LogP contribution in [0, 0.1) is 11.6 Å². The number of anilines is 1. The third-order valence-electron chi connectivity index (χ3n) is 3.10. The highest BCUT2D eigenvalue weighted by Crippen LogP contribution is 2.20. The summed E-state index contributed by atoms with van der Waals surface area (Å²) < 4.78 is 31.8. The number of carbonyl (C=O) groups is 1. The summed E-state index contributed by atoms with van der Waals surface area (Å²) in [5.74, 6) is -0.974. The lowest BCUT2D eigenvalue weighted by atomic mass is 10.0. The van der Waals surface area contributed by atoms with E-state index in [-0.39, 0.29) is 12.3 Å². The summed E-state index contributed by atoms with van der Waals surface area (Å²) in [6, 6.07) is 10.3. The van der Waals surface area contributed by atoms with Crippen LogP contribution in [0.5, 0.6) is 5.75 Å². The standard InChI is InChI=1S/C17H17F2NO2/c1-11(2)12-4-3-5-14(8-12)22-10-17(21)20-16-9-13(18)6-7-15(16)19/h3-9,11H,10H2,1-2H3,(H,20,21). The topological polar surface area (TPSA) is 38.3 Å².